The number of amidine groups is 1. The van der Waals surface area contributed by atoms with Crippen LogP contribution in [-0.4, -0.2) is 31.9 Å². The second-order valence-corrected chi connectivity index (χ2v) is 4.43. The molecule has 120 valence electrons. The normalized spacial score (nSPS) is 11.0. The molecule has 7 nitrogen and oxygen atoms in total. The molecule has 0 bridgehead atoms. The number of hydrogen-bond donors (Lipinski definition) is 2. The molecule has 2 N–H and O–H groups in total. The molecule has 0 heterocycles. The van der Waals surface area contributed by atoms with Crippen LogP contribution < -0.4 is 10.6 Å². The SMILES string of the molecule is CCOC(=O)/N=C(/NC(=O)Nc1cccc2ccccc12)OC. The van der Waals surface area contributed by atoms with Gasteiger partial charge in [-0.25, -0.2) is 9.59 Å². The lowest BCUT2D eigenvalue weighted by Crippen LogP contribution is -2.36. The summed E-state index contributed by atoms with van der Waals surface area (Å²) in [6, 6.07) is 12.4. The largest absolute Gasteiger partial charge is 0.468 e. The van der Waals surface area contributed by atoms with Crippen LogP contribution in [0.4, 0.5) is 15.3 Å². The van der Waals surface area contributed by atoms with E-state index in [4.69, 9.17) is 4.74 Å². The fraction of sp³-hybridized carbons (Fsp3) is 0.188. The predicted octanol–water partition coefficient (Wildman–Crippen LogP) is 3.12. The van der Waals surface area contributed by atoms with E-state index in [0.29, 0.717) is 5.69 Å². The molecular formula is C16H17N3O4. The Balaban J connectivity index is 2.10. The summed E-state index contributed by atoms with van der Waals surface area (Å²) in [5.41, 5.74) is 0.632. The molecule has 2 rings (SSSR count). The minimum absolute atomic E-state index is 0.182. The van der Waals surface area contributed by atoms with E-state index in [9.17, 15) is 9.59 Å². The number of ether oxygens (including phenoxy) is 2. The number of urea groups is 1. The molecule has 0 saturated carbocycles. The van der Waals surface area contributed by atoms with Crippen LogP contribution in [0.3, 0.4) is 0 Å². The molecule has 0 spiro atoms. The van der Waals surface area contributed by atoms with Gasteiger partial charge in [-0.05, 0) is 18.4 Å². The average Bonchev–Trinajstić information content (AvgIpc) is 2.54. The number of anilines is 1. The summed E-state index contributed by atoms with van der Waals surface area (Å²) in [6.45, 7) is 1.84. The molecule has 0 aromatic heterocycles. The number of carbonyl (C=O) groups excluding carboxylic acids is 2. The van der Waals surface area contributed by atoms with Crippen LogP contribution in [0.25, 0.3) is 10.8 Å². The summed E-state index contributed by atoms with van der Waals surface area (Å²) in [5.74, 6) is 0. The van der Waals surface area contributed by atoms with E-state index < -0.39 is 12.1 Å². The number of nitrogens with one attached hydrogen (secondary N) is 2. The van der Waals surface area contributed by atoms with Gasteiger partial charge in [0.1, 0.15) is 0 Å². The summed E-state index contributed by atoms with van der Waals surface area (Å²) in [4.78, 5) is 26.8. The van der Waals surface area contributed by atoms with Crippen LogP contribution in [-0.2, 0) is 9.47 Å². The average molecular weight is 315 g/mol. The Morgan fingerprint density at radius 3 is 2.61 bits per heavy atom. The Morgan fingerprint density at radius 1 is 1.13 bits per heavy atom. The molecule has 0 aliphatic heterocycles. The number of fused-ring (bicyclic) bond motifs is 1. The topological polar surface area (TPSA) is 89.0 Å². The van der Waals surface area contributed by atoms with E-state index in [-0.39, 0.29) is 12.6 Å². The van der Waals surface area contributed by atoms with Crippen LogP contribution in [0, 0.1) is 0 Å². The summed E-state index contributed by atoms with van der Waals surface area (Å²) in [7, 11) is 1.29. The van der Waals surface area contributed by atoms with E-state index in [1.165, 1.54) is 7.11 Å². The van der Waals surface area contributed by atoms with Crippen molar-refractivity contribution in [3.05, 3.63) is 42.5 Å². The predicted molar refractivity (Wildman–Crippen MR) is 87.6 cm³/mol. The highest BCUT2D eigenvalue weighted by Crippen LogP contribution is 2.22. The van der Waals surface area contributed by atoms with Crippen molar-refractivity contribution in [1.82, 2.24) is 5.32 Å². The highest BCUT2D eigenvalue weighted by Gasteiger charge is 2.10. The summed E-state index contributed by atoms with van der Waals surface area (Å²) < 4.78 is 9.49. The van der Waals surface area contributed by atoms with Crippen LogP contribution >= 0.6 is 0 Å². The van der Waals surface area contributed by atoms with Crippen LogP contribution in [0.1, 0.15) is 6.92 Å². The molecule has 2 aromatic rings. The van der Waals surface area contributed by atoms with Crippen molar-refractivity contribution in [2.24, 2.45) is 4.99 Å². The number of benzene rings is 2. The minimum atomic E-state index is -0.838. The molecule has 0 aliphatic carbocycles. The Kier molecular flexibility index (Phi) is 5.51. The molecule has 0 atom stereocenters. The quantitative estimate of drug-likeness (QED) is 0.658. The van der Waals surface area contributed by atoms with E-state index in [1.807, 2.05) is 36.4 Å². The maximum Gasteiger partial charge on any atom is 0.438 e. The molecule has 0 aliphatic rings. The molecule has 0 saturated heterocycles. The van der Waals surface area contributed by atoms with Crippen molar-refractivity contribution in [1.29, 1.82) is 0 Å². The van der Waals surface area contributed by atoms with E-state index in [2.05, 4.69) is 20.4 Å². The van der Waals surface area contributed by atoms with Gasteiger partial charge in [-0.2, -0.15) is 0 Å². The second kappa shape index (κ2) is 7.79. The van der Waals surface area contributed by atoms with Crippen LogP contribution in [0.5, 0.6) is 0 Å². The van der Waals surface area contributed by atoms with Crippen molar-refractivity contribution in [2.75, 3.05) is 19.0 Å². The summed E-state index contributed by atoms with van der Waals surface area (Å²) >= 11 is 0. The third-order valence-electron chi connectivity index (χ3n) is 2.91. The number of hydrogen-bond acceptors (Lipinski definition) is 4. The van der Waals surface area contributed by atoms with Crippen LogP contribution in [0.2, 0.25) is 0 Å². The van der Waals surface area contributed by atoms with Gasteiger partial charge in [0.2, 0.25) is 0 Å². The Morgan fingerprint density at radius 2 is 1.87 bits per heavy atom. The zero-order chi connectivity index (χ0) is 16.7. The molecular weight excluding hydrogens is 298 g/mol. The van der Waals surface area contributed by atoms with Gasteiger partial charge in [-0.3, -0.25) is 5.32 Å². The van der Waals surface area contributed by atoms with Crippen molar-refractivity contribution in [3.63, 3.8) is 0 Å². The van der Waals surface area contributed by atoms with Crippen LogP contribution in [0.15, 0.2) is 47.5 Å². The van der Waals surface area contributed by atoms with Gasteiger partial charge in [-0.15, -0.1) is 4.99 Å². The Labute approximate surface area is 133 Å². The third kappa shape index (κ3) is 4.44. The first kappa shape index (κ1) is 16.3. The lowest BCUT2D eigenvalue weighted by atomic mass is 10.1. The zero-order valence-corrected chi connectivity index (χ0v) is 12.8. The first-order valence-corrected chi connectivity index (χ1v) is 6.99. The molecule has 2 aromatic carbocycles. The van der Waals surface area contributed by atoms with Crippen molar-refractivity contribution >= 4 is 34.6 Å². The molecule has 7 heteroatoms. The molecule has 0 unspecified atom stereocenters. The molecule has 0 radical (unpaired) electrons. The highest BCUT2D eigenvalue weighted by atomic mass is 16.6. The maximum atomic E-state index is 12.0. The van der Waals surface area contributed by atoms with Gasteiger partial charge < -0.3 is 14.8 Å². The Hall–Kier alpha value is -3.09. The minimum Gasteiger partial charge on any atom is -0.468 e. The second-order valence-electron chi connectivity index (χ2n) is 4.43. The van der Waals surface area contributed by atoms with Gasteiger partial charge in [-0.1, -0.05) is 36.4 Å². The fourth-order valence-corrected chi connectivity index (χ4v) is 1.95. The summed E-state index contributed by atoms with van der Waals surface area (Å²) in [6.07, 6.45) is -0.838. The fourth-order valence-electron chi connectivity index (χ4n) is 1.95. The monoisotopic (exact) mass is 315 g/mol. The highest BCUT2D eigenvalue weighted by molar-refractivity contribution is 6.06. The van der Waals surface area contributed by atoms with Gasteiger partial charge in [0.15, 0.2) is 0 Å². The van der Waals surface area contributed by atoms with Crippen molar-refractivity contribution < 1.29 is 19.1 Å². The zero-order valence-electron chi connectivity index (χ0n) is 12.8. The van der Waals surface area contributed by atoms with Crippen molar-refractivity contribution in [2.45, 2.75) is 6.92 Å². The number of methoxy groups -OCH3 is 1. The smallest absolute Gasteiger partial charge is 0.438 e. The lowest BCUT2D eigenvalue weighted by molar-refractivity contribution is 0.162. The molecule has 23 heavy (non-hydrogen) atoms. The Bertz CT molecular complexity index is 738. The van der Waals surface area contributed by atoms with Crippen molar-refractivity contribution in [3.8, 4) is 0 Å². The third-order valence-corrected chi connectivity index (χ3v) is 2.91. The first-order valence-electron chi connectivity index (χ1n) is 6.99. The van der Waals surface area contributed by atoms with Gasteiger partial charge in [0, 0.05) is 5.39 Å². The number of rotatable bonds is 2. The number of nitrogens with zero attached hydrogens (tertiary/aromatic N) is 1. The maximum absolute atomic E-state index is 12.0. The summed E-state index contributed by atoms with van der Waals surface area (Å²) in [5, 5.41) is 6.93. The van der Waals surface area contributed by atoms with Gasteiger partial charge in [0.05, 0.1) is 19.4 Å². The molecule has 3 amide bonds. The molecule has 0 fully saturated rings. The van der Waals surface area contributed by atoms with Gasteiger partial charge >= 0.3 is 18.1 Å². The number of carbonyl (C=O) groups is 2. The first-order chi connectivity index (χ1) is 11.1. The van der Waals surface area contributed by atoms with E-state index >= 15 is 0 Å². The number of aliphatic imine (C=N–C) groups is 1. The standard InChI is InChI=1S/C16H17N3O4/c1-3-23-16(21)19-15(22-2)18-14(20)17-13-10-6-8-11-7-4-5-9-12(11)13/h4-10H,3H2,1-2H3,(H2,17,18,19,20,21). The lowest BCUT2D eigenvalue weighted by Gasteiger charge is -2.10. The van der Waals surface area contributed by atoms with Gasteiger partial charge in [0.25, 0.3) is 0 Å². The van der Waals surface area contributed by atoms with E-state index in [1.54, 1.807) is 13.0 Å². The number of amides is 3. The van der Waals surface area contributed by atoms with E-state index in [0.717, 1.165) is 10.8 Å².